The van der Waals surface area contributed by atoms with Crippen molar-refractivity contribution < 1.29 is 0 Å². The maximum absolute atomic E-state index is 3.77. The van der Waals surface area contributed by atoms with Gasteiger partial charge in [0, 0.05) is 23.1 Å². The van der Waals surface area contributed by atoms with E-state index in [1.54, 1.807) is 0 Å². The molecule has 1 N–H and O–H groups in total. The molecule has 0 amide bonds. The van der Waals surface area contributed by atoms with Crippen LogP contribution in [-0.4, -0.2) is 31.6 Å². The molecule has 0 aliphatic heterocycles. The summed E-state index contributed by atoms with van der Waals surface area (Å²) in [5.41, 5.74) is 2.97. The van der Waals surface area contributed by atoms with E-state index in [2.05, 4.69) is 72.3 Å². The molecule has 3 heteroatoms. The number of nitrogens with one attached hydrogen (secondary N) is 1. The van der Waals surface area contributed by atoms with Crippen molar-refractivity contribution in [2.45, 2.75) is 38.8 Å². The third kappa shape index (κ3) is 3.39. The first-order valence-corrected chi connectivity index (χ1v) is 7.97. The van der Waals surface area contributed by atoms with Crippen LogP contribution in [0.2, 0.25) is 0 Å². The van der Waals surface area contributed by atoms with Crippen LogP contribution in [0.3, 0.4) is 0 Å². The summed E-state index contributed by atoms with van der Waals surface area (Å²) in [6.07, 6.45) is 2.40. The Kier molecular flexibility index (Phi) is 5.04. The van der Waals surface area contributed by atoms with E-state index in [9.17, 15) is 0 Å². The van der Waals surface area contributed by atoms with Crippen molar-refractivity contribution in [3.63, 3.8) is 0 Å². The molecule has 2 unspecified atom stereocenters. The largest absolute Gasteiger partial charge is 0.308 e. The zero-order valence-corrected chi connectivity index (χ0v) is 14.0. The predicted octanol–water partition coefficient (Wildman–Crippen LogP) is 3.61. The summed E-state index contributed by atoms with van der Waals surface area (Å²) in [5, 5.41) is 3.77. The lowest BCUT2D eigenvalue weighted by Crippen LogP contribution is -2.42. The quantitative estimate of drug-likeness (QED) is 0.890. The molecule has 0 saturated carbocycles. The highest BCUT2D eigenvalue weighted by Crippen LogP contribution is 2.35. The van der Waals surface area contributed by atoms with E-state index in [0.29, 0.717) is 18.0 Å². The van der Waals surface area contributed by atoms with Crippen LogP contribution in [0, 0.1) is 5.92 Å². The number of fused-ring (bicyclic) bond motifs is 1. The van der Waals surface area contributed by atoms with Gasteiger partial charge in [-0.1, -0.05) is 41.9 Å². The summed E-state index contributed by atoms with van der Waals surface area (Å²) in [6.45, 7) is 5.65. The number of hydrogen-bond acceptors (Lipinski definition) is 2. The number of halogens is 1. The summed E-state index contributed by atoms with van der Waals surface area (Å²) in [6, 6.07) is 7.68. The van der Waals surface area contributed by atoms with Crippen LogP contribution in [-0.2, 0) is 6.42 Å². The van der Waals surface area contributed by atoms with Gasteiger partial charge in [0.1, 0.15) is 0 Å². The van der Waals surface area contributed by atoms with E-state index < -0.39 is 0 Å². The highest BCUT2D eigenvalue weighted by Gasteiger charge is 2.25. The second kappa shape index (κ2) is 6.38. The monoisotopic (exact) mass is 324 g/mol. The van der Waals surface area contributed by atoms with Gasteiger partial charge in [-0.15, -0.1) is 0 Å². The zero-order chi connectivity index (χ0) is 14.0. The van der Waals surface area contributed by atoms with Crippen LogP contribution in [0.4, 0.5) is 0 Å². The predicted molar refractivity (Wildman–Crippen MR) is 85.5 cm³/mol. The summed E-state index contributed by atoms with van der Waals surface area (Å²) in [7, 11) is 4.34. The fourth-order valence-corrected chi connectivity index (χ4v) is 3.68. The van der Waals surface area contributed by atoms with E-state index >= 15 is 0 Å². The fourth-order valence-electron chi connectivity index (χ4n) is 3.10. The molecule has 0 radical (unpaired) electrons. The maximum Gasteiger partial charge on any atom is 0.0327 e. The first-order chi connectivity index (χ1) is 9.00. The summed E-state index contributed by atoms with van der Waals surface area (Å²) in [4.78, 5) is 2.33. The van der Waals surface area contributed by atoms with Gasteiger partial charge in [0.15, 0.2) is 0 Å². The van der Waals surface area contributed by atoms with Gasteiger partial charge >= 0.3 is 0 Å². The Labute approximate surface area is 125 Å². The second-order valence-electron chi connectivity index (χ2n) is 6.08. The van der Waals surface area contributed by atoms with Crippen LogP contribution in [0.25, 0.3) is 0 Å². The standard InChI is InChI=1S/C16H25BrN2/c1-11(2)16(19(3)4)10-18-15-9-8-12-13(15)6-5-7-14(12)17/h5-7,11,15-16,18H,8-10H2,1-4H3. The van der Waals surface area contributed by atoms with Gasteiger partial charge in [-0.3, -0.25) is 0 Å². The number of likely N-dealkylation sites (N-methyl/N-ethyl adjacent to an activating group) is 1. The van der Waals surface area contributed by atoms with E-state index in [1.807, 2.05) is 0 Å². The van der Waals surface area contributed by atoms with Gasteiger partial charge in [0.25, 0.3) is 0 Å². The Morgan fingerprint density at radius 2 is 2.11 bits per heavy atom. The first kappa shape index (κ1) is 15.0. The molecule has 2 nitrogen and oxygen atoms in total. The number of rotatable bonds is 5. The van der Waals surface area contributed by atoms with E-state index in [0.717, 1.165) is 6.54 Å². The third-order valence-corrected chi connectivity index (χ3v) is 4.96. The van der Waals surface area contributed by atoms with Crippen LogP contribution >= 0.6 is 15.9 Å². The molecule has 0 aromatic heterocycles. The van der Waals surface area contributed by atoms with Crippen molar-refractivity contribution >= 4 is 15.9 Å². The normalized spacial score (nSPS) is 20.1. The molecule has 1 aromatic rings. The van der Waals surface area contributed by atoms with Gasteiger partial charge < -0.3 is 10.2 Å². The molecular weight excluding hydrogens is 300 g/mol. The van der Waals surface area contributed by atoms with Crippen molar-refractivity contribution in [3.05, 3.63) is 33.8 Å². The van der Waals surface area contributed by atoms with Crippen molar-refractivity contribution in [1.29, 1.82) is 0 Å². The van der Waals surface area contributed by atoms with Gasteiger partial charge in [0.05, 0.1) is 0 Å². The molecule has 106 valence electrons. The summed E-state index contributed by atoms with van der Waals surface area (Å²) < 4.78 is 1.27. The molecule has 2 atom stereocenters. The molecule has 0 fully saturated rings. The molecule has 0 spiro atoms. The zero-order valence-electron chi connectivity index (χ0n) is 12.4. The van der Waals surface area contributed by atoms with Gasteiger partial charge in [-0.25, -0.2) is 0 Å². The molecule has 2 rings (SSSR count). The Balaban J connectivity index is 2.01. The van der Waals surface area contributed by atoms with Crippen LogP contribution in [0.15, 0.2) is 22.7 Å². The molecule has 1 aliphatic carbocycles. The van der Waals surface area contributed by atoms with E-state index in [4.69, 9.17) is 0 Å². The number of benzene rings is 1. The average Bonchev–Trinajstić information content (AvgIpc) is 2.73. The van der Waals surface area contributed by atoms with E-state index in [1.165, 1.54) is 28.4 Å². The second-order valence-corrected chi connectivity index (χ2v) is 6.94. The molecule has 0 bridgehead atoms. The first-order valence-electron chi connectivity index (χ1n) is 7.17. The van der Waals surface area contributed by atoms with Crippen molar-refractivity contribution in [1.82, 2.24) is 10.2 Å². The van der Waals surface area contributed by atoms with Gasteiger partial charge in [-0.2, -0.15) is 0 Å². The van der Waals surface area contributed by atoms with Crippen LogP contribution in [0.1, 0.15) is 37.4 Å². The van der Waals surface area contributed by atoms with Crippen LogP contribution < -0.4 is 5.32 Å². The number of nitrogens with zero attached hydrogens (tertiary/aromatic N) is 1. The van der Waals surface area contributed by atoms with Gasteiger partial charge in [-0.05, 0) is 50.0 Å². The average molecular weight is 325 g/mol. The Morgan fingerprint density at radius 3 is 2.74 bits per heavy atom. The fraction of sp³-hybridized carbons (Fsp3) is 0.625. The van der Waals surface area contributed by atoms with Gasteiger partial charge in [0.2, 0.25) is 0 Å². The van der Waals surface area contributed by atoms with E-state index in [-0.39, 0.29) is 0 Å². The highest BCUT2D eigenvalue weighted by atomic mass is 79.9. The topological polar surface area (TPSA) is 15.3 Å². The molecule has 19 heavy (non-hydrogen) atoms. The Bertz CT molecular complexity index is 421. The molecule has 1 aliphatic rings. The summed E-state index contributed by atoms with van der Waals surface area (Å²) in [5.74, 6) is 0.672. The lowest BCUT2D eigenvalue weighted by atomic mass is 10.0. The van der Waals surface area contributed by atoms with Crippen LogP contribution in [0.5, 0.6) is 0 Å². The molecule has 1 aromatic carbocycles. The Morgan fingerprint density at radius 1 is 1.37 bits per heavy atom. The van der Waals surface area contributed by atoms with Crippen molar-refractivity contribution in [2.75, 3.05) is 20.6 Å². The summed E-state index contributed by atoms with van der Waals surface area (Å²) >= 11 is 3.67. The minimum atomic E-state index is 0.522. The highest BCUT2D eigenvalue weighted by molar-refractivity contribution is 9.10. The molecule has 0 saturated heterocycles. The SMILES string of the molecule is CC(C)C(CNC1CCc2c(Br)cccc21)N(C)C. The number of hydrogen-bond donors (Lipinski definition) is 1. The maximum atomic E-state index is 3.77. The minimum absolute atomic E-state index is 0.522. The minimum Gasteiger partial charge on any atom is -0.308 e. The van der Waals surface area contributed by atoms with Crippen molar-refractivity contribution in [3.8, 4) is 0 Å². The lowest BCUT2D eigenvalue weighted by molar-refractivity contribution is 0.218. The third-order valence-electron chi connectivity index (χ3n) is 4.22. The lowest BCUT2D eigenvalue weighted by Gasteiger charge is -2.29. The molecular formula is C16H25BrN2. The Hall–Kier alpha value is -0.380. The molecule has 0 heterocycles. The van der Waals surface area contributed by atoms with Crippen molar-refractivity contribution in [2.24, 2.45) is 5.92 Å². The smallest absolute Gasteiger partial charge is 0.0327 e.